The van der Waals surface area contributed by atoms with Crippen LogP contribution in [0.25, 0.3) is 0 Å². The van der Waals surface area contributed by atoms with E-state index in [1.54, 1.807) is 0 Å². The lowest BCUT2D eigenvalue weighted by atomic mass is 9.94. The highest BCUT2D eigenvalue weighted by molar-refractivity contribution is 5.08. The zero-order chi connectivity index (χ0) is 9.26. The maximum absolute atomic E-state index is 4.21. The third-order valence-corrected chi connectivity index (χ3v) is 3.00. The van der Waals surface area contributed by atoms with Crippen molar-refractivity contribution in [3.63, 3.8) is 0 Å². The van der Waals surface area contributed by atoms with Crippen molar-refractivity contribution in [2.24, 2.45) is 7.05 Å². The van der Waals surface area contributed by atoms with Gasteiger partial charge in [-0.15, -0.1) is 0 Å². The van der Waals surface area contributed by atoms with Crippen LogP contribution in [-0.4, -0.2) is 34.8 Å². The van der Waals surface area contributed by atoms with E-state index >= 15 is 0 Å². The second-order valence-corrected chi connectivity index (χ2v) is 3.96. The Labute approximate surface area is 79.3 Å². The Balaban J connectivity index is 2.06. The molecule has 3 heteroatoms. The summed E-state index contributed by atoms with van der Waals surface area (Å²) in [7, 11) is 4.23. The third kappa shape index (κ3) is 1.75. The normalized spacial score (nSPS) is 20.8. The minimum absolute atomic E-state index is 0.726. The summed E-state index contributed by atoms with van der Waals surface area (Å²) in [6.45, 7) is 2.44. The van der Waals surface area contributed by atoms with Gasteiger partial charge >= 0.3 is 0 Å². The molecule has 0 bridgehead atoms. The quantitative estimate of drug-likeness (QED) is 0.646. The van der Waals surface area contributed by atoms with Crippen LogP contribution in [0.1, 0.15) is 24.5 Å². The molecule has 1 aromatic heterocycles. The summed E-state index contributed by atoms with van der Waals surface area (Å²) < 4.78 is 2.01. The highest BCUT2D eigenvalue weighted by Crippen LogP contribution is 2.26. The first-order valence-corrected chi connectivity index (χ1v) is 4.94. The molecule has 72 valence electrons. The first-order valence-electron chi connectivity index (χ1n) is 4.94. The minimum Gasteiger partial charge on any atom is -0.306 e. The Hall–Kier alpha value is -0.830. The lowest BCUT2D eigenvalue weighted by Gasteiger charge is -2.28. The number of nitrogens with zero attached hydrogens (tertiary/aromatic N) is 3. The van der Waals surface area contributed by atoms with E-state index in [-0.39, 0.29) is 0 Å². The summed E-state index contributed by atoms with van der Waals surface area (Å²) in [5.41, 5.74) is 1.40. The van der Waals surface area contributed by atoms with Crippen molar-refractivity contribution in [2.75, 3.05) is 20.1 Å². The van der Waals surface area contributed by atoms with Crippen LogP contribution in [-0.2, 0) is 7.05 Å². The van der Waals surface area contributed by atoms with Crippen LogP contribution in [0.5, 0.6) is 0 Å². The monoisotopic (exact) mass is 179 g/mol. The van der Waals surface area contributed by atoms with Crippen molar-refractivity contribution in [2.45, 2.75) is 18.8 Å². The van der Waals surface area contributed by atoms with E-state index in [0.717, 1.165) is 5.92 Å². The molecule has 1 fully saturated rings. The van der Waals surface area contributed by atoms with Crippen molar-refractivity contribution >= 4 is 0 Å². The molecule has 1 saturated heterocycles. The van der Waals surface area contributed by atoms with Crippen LogP contribution in [0.2, 0.25) is 0 Å². The molecule has 0 aliphatic carbocycles. The first-order chi connectivity index (χ1) is 6.27. The average Bonchev–Trinajstić information content (AvgIpc) is 2.53. The zero-order valence-corrected chi connectivity index (χ0v) is 8.40. The largest absolute Gasteiger partial charge is 0.306 e. The van der Waals surface area contributed by atoms with Gasteiger partial charge in [-0.05, 0) is 39.0 Å². The summed E-state index contributed by atoms with van der Waals surface area (Å²) in [4.78, 5) is 2.40. The van der Waals surface area contributed by atoms with Crippen molar-refractivity contribution in [3.8, 4) is 0 Å². The molecule has 0 aromatic carbocycles. The van der Waals surface area contributed by atoms with Gasteiger partial charge in [-0.2, -0.15) is 5.10 Å². The molecule has 13 heavy (non-hydrogen) atoms. The van der Waals surface area contributed by atoms with Gasteiger partial charge in [0, 0.05) is 24.9 Å². The fourth-order valence-corrected chi connectivity index (χ4v) is 2.09. The molecule has 2 heterocycles. The van der Waals surface area contributed by atoms with E-state index in [1.807, 2.05) is 17.9 Å². The molecule has 0 saturated carbocycles. The fraction of sp³-hybridized carbons (Fsp3) is 0.700. The van der Waals surface area contributed by atoms with Crippen LogP contribution in [0.3, 0.4) is 0 Å². The molecule has 2 rings (SSSR count). The summed E-state index contributed by atoms with van der Waals surface area (Å²) in [5, 5.41) is 4.21. The van der Waals surface area contributed by atoms with E-state index in [1.165, 1.54) is 31.6 Å². The van der Waals surface area contributed by atoms with E-state index in [4.69, 9.17) is 0 Å². The van der Waals surface area contributed by atoms with Crippen LogP contribution >= 0.6 is 0 Å². The topological polar surface area (TPSA) is 21.1 Å². The smallest absolute Gasteiger partial charge is 0.0492 e. The zero-order valence-electron chi connectivity index (χ0n) is 8.40. The maximum Gasteiger partial charge on any atom is 0.0492 e. The van der Waals surface area contributed by atoms with E-state index in [9.17, 15) is 0 Å². The second-order valence-electron chi connectivity index (χ2n) is 3.96. The SMILES string of the molecule is CN1CCC(c2ccnn2C)CC1. The molecule has 3 nitrogen and oxygen atoms in total. The number of rotatable bonds is 1. The number of piperidine rings is 1. The summed E-state index contributed by atoms with van der Waals surface area (Å²) in [5.74, 6) is 0.726. The van der Waals surface area contributed by atoms with Gasteiger partial charge in [0.1, 0.15) is 0 Å². The van der Waals surface area contributed by atoms with E-state index in [2.05, 4.69) is 23.1 Å². The Morgan fingerprint density at radius 3 is 2.54 bits per heavy atom. The van der Waals surface area contributed by atoms with Gasteiger partial charge in [0.15, 0.2) is 0 Å². The highest BCUT2D eigenvalue weighted by atomic mass is 15.3. The predicted octanol–water partition coefficient (Wildman–Crippen LogP) is 1.23. The van der Waals surface area contributed by atoms with Crippen molar-refractivity contribution < 1.29 is 0 Å². The number of hydrogen-bond acceptors (Lipinski definition) is 2. The first kappa shape index (κ1) is 8.75. The van der Waals surface area contributed by atoms with E-state index in [0.29, 0.717) is 0 Å². The lowest BCUT2D eigenvalue weighted by Crippen LogP contribution is -2.29. The molecule has 1 aliphatic heterocycles. The van der Waals surface area contributed by atoms with E-state index < -0.39 is 0 Å². The predicted molar refractivity (Wildman–Crippen MR) is 52.7 cm³/mol. The molecular formula is C10H17N3. The van der Waals surface area contributed by atoms with Crippen LogP contribution in [0.4, 0.5) is 0 Å². The molecule has 0 radical (unpaired) electrons. The maximum atomic E-state index is 4.21. The Kier molecular flexibility index (Phi) is 2.36. The van der Waals surface area contributed by atoms with Gasteiger partial charge in [-0.3, -0.25) is 4.68 Å². The molecule has 0 amide bonds. The van der Waals surface area contributed by atoms with Gasteiger partial charge in [0.2, 0.25) is 0 Å². The molecule has 0 spiro atoms. The summed E-state index contributed by atoms with van der Waals surface area (Å²) >= 11 is 0. The number of aromatic nitrogens is 2. The number of aryl methyl sites for hydroxylation is 1. The van der Waals surface area contributed by atoms with Gasteiger partial charge in [0.25, 0.3) is 0 Å². The molecule has 1 aliphatic rings. The number of hydrogen-bond donors (Lipinski definition) is 0. The molecule has 0 unspecified atom stereocenters. The highest BCUT2D eigenvalue weighted by Gasteiger charge is 2.20. The third-order valence-electron chi connectivity index (χ3n) is 3.00. The van der Waals surface area contributed by atoms with Gasteiger partial charge in [0.05, 0.1) is 0 Å². The number of likely N-dealkylation sites (tertiary alicyclic amines) is 1. The van der Waals surface area contributed by atoms with Crippen molar-refractivity contribution in [1.82, 2.24) is 14.7 Å². The van der Waals surface area contributed by atoms with Crippen molar-refractivity contribution in [3.05, 3.63) is 18.0 Å². The van der Waals surface area contributed by atoms with Gasteiger partial charge in [-0.25, -0.2) is 0 Å². The minimum atomic E-state index is 0.726. The molecule has 0 N–H and O–H groups in total. The molecule has 0 atom stereocenters. The van der Waals surface area contributed by atoms with Crippen LogP contribution < -0.4 is 0 Å². The Morgan fingerprint density at radius 2 is 2.00 bits per heavy atom. The average molecular weight is 179 g/mol. The fourth-order valence-electron chi connectivity index (χ4n) is 2.09. The Bertz CT molecular complexity index is 271. The van der Waals surface area contributed by atoms with Crippen LogP contribution in [0, 0.1) is 0 Å². The summed E-state index contributed by atoms with van der Waals surface area (Å²) in [6.07, 6.45) is 4.44. The second kappa shape index (κ2) is 3.50. The van der Waals surface area contributed by atoms with Crippen LogP contribution in [0.15, 0.2) is 12.3 Å². The summed E-state index contributed by atoms with van der Waals surface area (Å²) in [6, 6.07) is 2.15. The van der Waals surface area contributed by atoms with Crippen molar-refractivity contribution in [1.29, 1.82) is 0 Å². The van der Waals surface area contributed by atoms with Gasteiger partial charge < -0.3 is 4.90 Å². The van der Waals surface area contributed by atoms with Gasteiger partial charge in [-0.1, -0.05) is 0 Å². The molecule has 1 aromatic rings. The Morgan fingerprint density at radius 1 is 1.31 bits per heavy atom. The standard InChI is InChI=1S/C10H17N3/c1-12-7-4-9(5-8-12)10-3-6-11-13(10)2/h3,6,9H,4-5,7-8H2,1-2H3. The molecular weight excluding hydrogens is 162 g/mol. The lowest BCUT2D eigenvalue weighted by molar-refractivity contribution is 0.251.